The van der Waals surface area contributed by atoms with Crippen LogP contribution in [-0.2, 0) is 4.79 Å². The quantitative estimate of drug-likeness (QED) is 0.793. The van der Waals surface area contributed by atoms with Crippen molar-refractivity contribution in [3.63, 3.8) is 0 Å². The SMILES string of the molecule is N#CCC(=O)NN=C1CCCCC1C1CCCCC1. The first-order valence-corrected chi connectivity index (χ1v) is 7.53. The molecule has 2 aliphatic carbocycles. The largest absolute Gasteiger partial charge is 0.272 e. The zero-order chi connectivity index (χ0) is 13.5. The molecule has 2 aliphatic rings. The Labute approximate surface area is 115 Å². The molecule has 0 saturated heterocycles. The molecule has 2 rings (SSSR count). The summed E-state index contributed by atoms with van der Waals surface area (Å²) in [6.45, 7) is 0. The maximum Gasteiger partial charge on any atom is 0.254 e. The van der Waals surface area contributed by atoms with E-state index in [2.05, 4.69) is 10.5 Å². The topological polar surface area (TPSA) is 65.2 Å². The molecule has 0 heterocycles. The summed E-state index contributed by atoms with van der Waals surface area (Å²) in [5.41, 5.74) is 3.72. The van der Waals surface area contributed by atoms with E-state index in [1.165, 1.54) is 57.1 Å². The highest BCUT2D eigenvalue weighted by molar-refractivity contribution is 5.89. The molecular weight excluding hydrogens is 238 g/mol. The van der Waals surface area contributed by atoms with Crippen LogP contribution in [0.15, 0.2) is 5.10 Å². The van der Waals surface area contributed by atoms with Crippen LogP contribution in [-0.4, -0.2) is 11.6 Å². The minimum absolute atomic E-state index is 0.106. The van der Waals surface area contributed by atoms with Crippen LogP contribution in [0.4, 0.5) is 0 Å². The first-order chi connectivity index (χ1) is 9.31. The van der Waals surface area contributed by atoms with Gasteiger partial charge in [0.05, 0.1) is 6.07 Å². The van der Waals surface area contributed by atoms with Crippen LogP contribution in [0.5, 0.6) is 0 Å². The molecule has 0 aliphatic heterocycles. The van der Waals surface area contributed by atoms with Crippen molar-refractivity contribution in [2.24, 2.45) is 16.9 Å². The normalized spacial score (nSPS) is 26.9. The van der Waals surface area contributed by atoms with Gasteiger partial charge in [0.1, 0.15) is 6.42 Å². The highest BCUT2D eigenvalue weighted by Gasteiger charge is 2.29. The Bertz CT molecular complexity index is 377. The number of carbonyl (C=O) groups is 1. The van der Waals surface area contributed by atoms with Crippen LogP contribution < -0.4 is 5.43 Å². The Morgan fingerprint density at radius 3 is 2.68 bits per heavy atom. The lowest BCUT2D eigenvalue weighted by molar-refractivity contribution is -0.120. The predicted molar refractivity (Wildman–Crippen MR) is 74.3 cm³/mol. The highest BCUT2D eigenvalue weighted by Crippen LogP contribution is 2.36. The van der Waals surface area contributed by atoms with E-state index in [0.717, 1.165) is 12.3 Å². The molecule has 1 unspecified atom stereocenters. The summed E-state index contributed by atoms with van der Waals surface area (Å²) in [5, 5.41) is 12.8. The number of nitriles is 1. The summed E-state index contributed by atoms with van der Waals surface area (Å²) in [7, 11) is 0. The van der Waals surface area contributed by atoms with Gasteiger partial charge in [-0.1, -0.05) is 25.7 Å². The summed E-state index contributed by atoms with van der Waals surface area (Å²) in [6, 6.07) is 1.85. The Kier molecular flexibility index (Phi) is 5.38. The maximum absolute atomic E-state index is 11.3. The molecule has 0 aromatic rings. The zero-order valence-corrected chi connectivity index (χ0v) is 11.5. The van der Waals surface area contributed by atoms with Gasteiger partial charge in [0, 0.05) is 11.6 Å². The Balaban J connectivity index is 1.96. The number of rotatable bonds is 3. The number of nitrogens with one attached hydrogen (secondary N) is 1. The predicted octanol–water partition coefficient (Wildman–Crippen LogP) is 3.14. The summed E-state index contributed by atoms with van der Waals surface area (Å²) < 4.78 is 0. The molecule has 0 spiro atoms. The van der Waals surface area contributed by atoms with E-state index >= 15 is 0 Å². The number of amides is 1. The van der Waals surface area contributed by atoms with E-state index in [1.54, 1.807) is 0 Å². The van der Waals surface area contributed by atoms with Crippen molar-refractivity contribution in [3.8, 4) is 6.07 Å². The van der Waals surface area contributed by atoms with E-state index in [1.807, 2.05) is 6.07 Å². The Morgan fingerprint density at radius 2 is 1.95 bits per heavy atom. The molecule has 0 radical (unpaired) electrons. The van der Waals surface area contributed by atoms with Crippen LogP contribution in [0, 0.1) is 23.2 Å². The van der Waals surface area contributed by atoms with Gasteiger partial charge < -0.3 is 0 Å². The molecule has 1 N–H and O–H groups in total. The van der Waals surface area contributed by atoms with E-state index < -0.39 is 0 Å². The zero-order valence-electron chi connectivity index (χ0n) is 11.5. The fourth-order valence-corrected chi connectivity index (χ4v) is 3.45. The Morgan fingerprint density at radius 1 is 1.21 bits per heavy atom. The van der Waals surface area contributed by atoms with Gasteiger partial charge in [-0.05, 0) is 38.0 Å². The Hall–Kier alpha value is -1.37. The van der Waals surface area contributed by atoms with Gasteiger partial charge in [-0.2, -0.15) is 10.4 Å². The lowest BCUT2D eigenvalue weighted by Gasteiger charge is -2.33. The number of hydrogen-bond acceptors (Lipinski definition) is 3. The molecule has 19 heavy (non-hydrogen) atoms. The van der Waals surface area contributed by atoms with E-state index in [9.17, 15) is 4.79 Å². The lowest BCUT2D eigenvalue weighted by Crippen LogP contribution is -2.31. The summed E-state index contributed by atoms with van der Waals surface area (Å²) in [6.07, 6.45) is 11.3. The third kappa shape index (κ3) is 4.05. The van der Waals surface area contributed by atoms with Gasteiger partial charge in [0.2, 0.25) is 0 Å². The second-order valence-corrected chi connectivity index (χ2v) is 5.72. The molecule has 4 heteroatoms. The van der Waals surface area contributed by atoms with Crippen LogP contribution in [0.3, 0.4) is 0 Å². The molecule has 2 fully saturated rings. The van der Waals surface area contributed by atoms with E-state index in [0.29, 0.717) is 5.92 Å². The lowest BCUT2D eigenvalue weighted by atomic mass is 9.72. The van der Waals surface area contributed by atoms with Gasteiger partial charge >= 0.3 is 0 Å². The number of hydrogen-bond donors (Lipinski definition) is 1. The average molecular weight is 261 g/mol. The second kappa shape index (κ2) is 7.28. The van der Waals surface area contributed by atoms with Crippen molar-refractivity contribution in [1.82, 2.24) is 5.43 Å². The molecule has 0 aromatic heterocycles. The average Bonchev–Trinajstić information content (AvgIpc) is 2.47. The first-order valence-electron chi connectivity index (χ1n) is 7.53. The van der Waals surface area contributed by atoms with Crippen molar-refractivity contribution in [2.75, 3.05) is 0 Å². The van der Waals surface area contributed by atoms with Crippen molar-refractivity contribution in [1.29, 1.82) is 5.26 Å². The fraction of sp³-hybridized carbons (Fsp3) is 0.800. The van der Waals surface area contributed by atoms with Gasteiger partial charge in [-0.25, -0.2) is 5.43 Å². The minimum Gasteiger partial charge on any atom is -0.272 e. The number of hydrazone groups is 1. The van der Waals surface area contributed by atoms with Gasteiger partial charge in [0.15, 0.2) is 0 Å². The van der Waals surface area contributed by atoms with Crippen molar-refractivity contribution in [2.45, 2.75) is 64.2 Å². The molecule has 104 valence electrons. The molecule has 1 atom stereocenters. The van der Waals surface area contributed by atoms with Crippen molar-refractivity contribution < 1.29 is 4.79 Å². The first kappa shape index (κ1) is 14.0. The molecule has 0 bridgehead atoms. The van der Waals surface area contributed by atoms with Crippen LogP contribution in [0.1, 0.15) is 64.2 Å². The third-order valence-corrected chi connectivity index (χ3v) is 4.41. The smallest absolute Gasteiger partial charge is 0.254 e. The van der Waals surface area contributed by atoms with E-state index in [-0.39, 0.29) is 12.3 Å². The van der Waals surface area contributed by atoms with Crippen LogP contribution in [0.25, 0.3) is 0 Å². The van der Waals surface area contributed by atoms with Crippen molar-refractivity contribution >= 4 is 11.6 Å². The van der Waals surface area contributed by atoms with Gasteiger partial charge in [-0.3, -0.25) is 4.79 Å². The summed E-state index contributed by atoms with van der Waals surface area (Å²) in [4.78, 5) is 11.3. The van der Waals surface area contributed by atoms with Gasteiger partial charge in [0.25, 0.3) is 5.91 Å². The van der Waals surface area contributed by atoms with Crippen molar-refractivity contribution in [3.05, 3.63) is 0 Å². The maximum atomic E-state index is 11.3. The van der Waals surface area contributed by atoms with Crippen LogP contribution >= 0.6 is 0 Å². The minimum atomic E-state index is -0.289. The molecule has 1 amide bonds. The van der Waals surface area contributed by atoms with Crippen LogP contribution in [0.2, 0.25) is 0 Å². The standard InChI is InChI=1S/C15H23N3O/c16-11-10-15(19)18-17-14-9-5-4-8-13(14)12-6-2-1-3-7-12/h12-13H,1-10H2,(H,18,19). The fourth-order valence-electron chi connectivity index (χ4n) is 3.45. The summed E-state index contributed by atoms with van der Waals surface area (Å²) in [5.74, 6) is 1.04. The monoisotopic (exact) mass is 261 g/mol. The highest BCUT2D eigenvalue weighted by atomic mass is 16.2. The van der Waals surface area contributed by atoms with Gasteiger partial charge in [-0.15, -0.1) is 0 Å². The molecular formula is C15H23N3O. The molecule has 2 saturated carbocycles. The molecule has 4 nitrogen and oxygen atoms in total. The second-order valence-electron chi connectivity index (χ2n) is 5.72. The number of carbonyl (C=O) groups excluding carboxylic acids is 1. The van der Waals surface area contributed by atoms with E-state index in [4.69, 9.17) is 5.26 Å². The molecule has 0 aromatic carbocycles. The summed E-state index contributed by atoms with van der Waals surface area (Å²) >= 11 is 0. The number of nitrogens with zero attached hydrogens (tertiary/aromatic N) is 2. The third-order valence-electron chi connectivity index (χ3n) is 4.41.